The number of ether oxygens (including phenoxy) is 2. The number of aliphatic hydroxyl groups is 5. The number of allylic oxidation sites excluding steroid dienone is 1. The Morgan fingerprint density at radius 1 is 1.12 bits per heavy atom. The number of hydrogen-bond donors (Lipinski definition) is 5. The van der Waals surface area contributed by atoms with E-state index >= 15 is 0 Å². The highest BCUT2D eigenvalue weighted by atomic mass is 16.6. The van der Waals surface area contributed by atoms with Crippen LogP contribution in [-0.2, 0) is 9.47 Å². The van der Waals surface area contributed by atoms with Crippen LogP contribution in [0.3, 0.4) is 0 Å². The molecule has 8 heteroatoms. The van der Waals surface area contributed by atoms with Crippen LogP contribution in [-0.4, -0.2) is 67.3 Å². The van der Waals surface area contributed by atoms with Crippen molar-refractivity contribution in [3.8, 4) is 0 Å². The zero-order chi connectivity index (χ0) is 23.8. The van der Waals surface area contributed by atoms with E-state index in [2.05, 4.69) is 4.98 Å². The van der Waals surface area contributed by atoms with Crippen LogP contribution in [0.4, 0.5) is 0 Å². The predicted octanol–water partition coefficient (Wildman–Crippen LogP) is 1.33. The molecular formula is C25H33NO7. The van der Waals surface area contributed by atoms with E-state index in [-0.39, 0.29) is 18.1 Å². The van der Waals surface area contributed by atoms with E-state index in [1.807, 2.05) is 13.8 Å². The lowest BCUT2D eigenvalue weighted by Crippen LogP contribution is -2.71. The van der Waals surface area contributed by atoms with Crippen molar-refractivity contribution in [2.75, 3.05) is 6.61 Å². The summed E-state index contributed by atoms with van der Waals surface area (Å²) in [5.41, 5.74) is -1.62. The predicted molar refractivity (Wildman–Crippen MR) is 118 cm³/mol. The van der Waals surface area contributed by atoms with Crippen LogP contribution in [0.15, 0.2) is 41.9 Å². The molecule has 3 unspecified atom stereocenters. The first-order valence-electron chi connectivity index (χ1n) is 11.6. The maximum Gasteiger partial charge on any atom is 0.226 e. The van der Waals surface area contributed by atoms with Gasteiger partial charge in [-0.15, -0.1) is 0 Å². The molecular weight excluding hydrogens is 426 g/mol. The number of nitrogens with zero attached hydrogens (tertiary/aromatic N) is 1. The van der Waals surface area contributed by atoms with Gasteiger partial charge >= 0.3 is 0 Å². The highest BCUT2D eigenvalue weighted by Gasteiger charge is 2.69. The molecule has 0 amide bonds. The van der Waals surface area contributed by atoms with Crippen LogP contribution in [0, 0.1) is 22.7 Å². The summed E-state index contributed by atoms with van der Waals surface area (Å²) >= 11 is 0. The van der Waals surface area contributed by atoms with Crippen LogP contribution in [0.25, 0.3) is 5.76 Å². The molecule has 0 aromatic carbocycles. The number of rotatable bonds is 2. The van der Waals surface area contributed by atoms with E-state index in [0.29, 0.717) is 36.3 Å². The molecule has 0 spiro atoms. The zero-order valence-electron chi connectivity index (χ0n) is 19.2. The molecule has 2 aliphatic heterocycles. The topological polar surface area (TPSA) is 132 Å². The molecule has 1 aromatic heterocycles. The van der Waals surface area contributed by atoms with E-state index in [1.54, 1.807) is 37.5 Å². The van der Waals surface area contributed by atoms with Gasteiger partial charge in [0.05, 0.1) is 30.5 Å². The SMILES string of the molecule is C[C@]12CC[C@H](O)[C@@](C)(CO)C1C[C@H](O)[C@@]1(C)OC3=C(C(O)OC(c4cccnc4)=C3)[C@H](O)C21. The lowest BCUT2D eigenvalue weighted by atomic mass is 9.42. The number of aliphatic hydroxyl groups excluding tert-OH is 5. The first-order chi connectivity index (χ1) is 15.6. The van der Waals surface area contributed by atoms with Crippen LogP contribution >= 0.6 is 0 Å². The normalized spacial score (nSPS) is 46.8. The lowest BCUT2D eigenvalue weighted by Gasteiger charge is -2.66. The third-order valence-electron chi connectivity index (χ3n) is 9.06. The smallest absolute Gasteiger partial charge is 0.226 e. The Bertz CT molecular complexity index is 996. The van der Waals surface area contributed by atoms with E-state index < -0.39 is 47.0 Å². The summed E-state index contributed by atoms with van der Waals surface area (Å²) in [6.07, 6.45) is 2.06. The number of aromatic nitrogens is 1. The highest BCUT2D eigenvalue weighted by molar-refractivity contribution is 5.64. The van der Waals surface area contributed by atoms with E-state index in [9.17, 15) is 25.5 Å². The molecule has 3 heterocycles. The van der Waals surface area contributed by atoms with Gasteiger partial charge in [-0.05, 0) is 49.7 Å². The number of pyridine rings is 1. The van der Waals surface area contributed by atoms with Gasteiger partial charge in [-0.1, -0.05) is 13.8 Å². The summed E-state index contributed by atoms with van der Waals surface area (Å²) in [5, 5.41) is 54.9. The molecule has 0 radical (unpaired) electrons. The van der Waals surface area contributed by atoms with Crippen molar-refractivity contribution in [1.82, 2.24) is 4.98 Å². The van der Waals surface area contributed by atoms with Gasteiger partial charge in [-0.25, -0.2) is 0 Å². The molecule has 9 atom stereocenters. The third-order valence-corrected chi connectivity index (χ3v) is 9.06. The Kier molecular flexibility index (Phi) is 5.19. The number of hydrogen-bond acceptors (Lipinski definition) is 8. The minimum absolute atomic E-state index is 0.224. The monoisotopic (exact) mass is 459 g/mol. The summed E-state index contributed by atoms with van der Waals surface area (Å²) in [6.45, 7) is 5.46. The van der Waals surface area contributed by atoms with Crippen molar-refractivity contribution in [1.29, 1.82) is 0 Å². The Labute approximate surface area is 193 Å². The van der Waals surface area contributed by atoms with Crippen molar-refractivity contribution in [3.05, 3.63) is 47.5 Å². The molecule has 33 heavy (non-hydrogen) atoms. The lowest BCUT2D eigenvalue weighted by molar-refractivity contribution is -0.275. The van der Waals surface area contributed by atoms with Crippen LogP contribution < -0.4 is 0 Å². The van der Waals surface area contributed by atoms with Gasteiger partial charge < -0.3 is 35.0 Å². The summed E-state index contributed by atoms with van der Waals surface area (Å²) in [4.78, 5) is 4.09. The van der Waals surface area contributed by atoms with Gasteiger partial charge in [0.1, 0.15) is 17.1 Å². The summed E-state index contributed by atoms with van der Waals surface area (Å²) < 4.78 is 12.2. The van der Waals surface area contributed by atoms with Gasteiger partial charge in [0.25, 0.3) is 0 Å². The fourth-order valence-corrected chi connectivity index (χ4v) is 7.19. The highest BCUT2D eigenvalue weighted by Crippen LogP contribution is 2.65. The first kappa shape index (κ1) is 22.8. The van der Waals surface area contributed by atoms with Crippen molar-refractivity contribution in [2.45, 2.75) is 70.2 Å². The molecule has 2 saturated carbocycles. The average molecular weight is 460 g/mol. The van der Waals surface area contributed by atoms with Gasteiger partial charge in [0, 0.05) is 35.4 Å². The Morgan fingerprint density at radius 3 is 2.55 bits per heavy atom. The fraction of sp³-hybridized carbons (Fsp3) is 0.640. The molecule has 2 fully saturated rings. The molecule has 180 valence electrons. The third kappa shape index (κ3) is 3.04. The van der Waals surface area contributed by atoms with E-state index in [4.69, 9.17) is 9.47 Å². The van der Waals surface area contributed by atoms with E-state index in [0.717, 1.165) is 0 Å². The maximum absolute atomic E-state index is 11.7. The van der Waals surface area contributed by atoms with E-state index in [1.165, 1.54) is 0 Å². The molecule has 2 aliphatic carbocycles. The molecule has 0 bridgehead atoms. The minimum atomic E-state index is -1.42. The van der Waals surface area contributed by atoms with Crippen LogP contribution in [0.5, 0.6) is 0 Å². The fourth-order valence-electron chi connectivity index (χ4n) is 7.19. The first-order valence-corrected chi connectivity index (χ1v) is 11.6. The zero-order valence-corrected chi connectivity index (χ0v) is 19.2. The largest absolute Gasteiger partial charge is 0.484 e. The molecule has 4 aliphatic rings. The van der Waals surface area contributed by atoms with Crippen LogP contribution in [0.1, 0.15) is 45.6 Å². The summed E-state index contributed by atoms with van der Waals surface area (Å²) in [7, 11) is 0. The second kappa shape index (κ2) is 7.52. The standard InChI is InChI=1S/C25H33NO7/c1-23-7-6-17(28)24(2,12-27)16(23)10-18(29)25(3)21(23)20(30)19-15(33-25)9-14(32-22(19)31)13-5-4-8-26-11-13/h4-5,8-9,11,16-18,20-22,27-31H,6-7,10,12H2,1-3H3/t16?,17-,18-,20-,21?,22?,23-,24-,25+/m0/s1. The second-order valence-corrected chi connectivity index (χ2v) is 10.8. The molecule has 5 rings (SSSR count). The second-order valence-electron chi connectivity index (χ2n) is 10.8. The van der Waals surface area contributed by atoms with Crippen molar-refractivity contribution in [2.24, 2.45) is 22.7 Å². The van der Waals surface area contributed by atoms with Gasteiger partial charge in [0.15, 0.2) is 0 Å². The van der Waals surface area contributed by atoms with Gasteiger partial charge in [0.2, 0.25) is 6.29 Å². The molecule has 0 saturated heterocycles. The Balaban J connectivity index is 1.61. The Hall–Kier alpha value is -1.97. The minimum Gasteiger partial charge on any atom is -0.484 e. The Morgan fingerprint density at radius 2 is 1.88 bits per heavy atom. The molecule has 8 nitrogen and oxygen atoms in total. The summed E-state index contributed by atoms with van der Waals surface area (Å²) in [6, 6.07) is 3.55. The maximum atomic E-state index is 11.7. The number of fused-ring (bicyclic) bond motifs is 3. The van der Waals surface area contributed by atoms with Crippen molar-refractivity contribution in [3.63, 3.8) is 0 Å². The molecule has 1 aromatic rings. The summed E-state index contributed by atoms with van der Waals surface area (Å²) in [5.74, 6) is -0.176. The van der Waals surface area contributed by atoms with Gasteiger partial charge in [-0.3, -0.25) is 4.98 Å². The quantitative estimate of drug-likeness (QED) is 0.448. The molecule has 5 N–H and O–H groups in total. The van der Waals surface area contributed by atoms with Crippen LogP contribution in [0.2, 0.25) is 0 Å². The van der Waals surface area contributed by atoms with Crippen molar-refractivity contribution < 1.29 is 35.0 Å². The average Bonchev–Trinajstić information content (AvgIpc) is 2.78. The van der Waals surface area contributed by atoms with Crippen molar-refractivity contribution >= 4 is 5.76 Å². The van der Waals surface area contributed by atoms with Gasteiger partial charge in [-0.2, -0.15) is 0 Å².